The Balaban J connectivity index is 1.41. The number of aliphatic hydroxyl groups is 1. The van der Waals surface area contributed by atoms with Gasteiger partial charge in [-0.25, -0.2) is 0 Å². The van der Waals surface area contributed by atoms with Crippen LogP contribution in [0.3, 0.4) is 0 Å². The molecule has 0 spiro atoms. The number of aliphatic hydroxyl groups excluding tert-OH is 1. The molecule has 4 rings (SSSR count). The molecule has 26 heavy (non-hydrogen) atoms. The Morgan fingerprint density at radius 3 is 2.81 bits per heavy atom. The highest BCUT2D eigenvalue weighted by atomic mass is 16.5. The summed E-state index contributed by atoms with van der Waals surface area (Å²) in [7, 11) is 0. The SMILES string of the molecule is OC1CCCCC1Oc1cccc(COc2ccc3ncccc3c2)c1. The molecule has 3 aromatic rings. The Labute approximate surface area is 153 Å². The van der Waals surface area contributed by atoms with Crippen LogP contribution >= 0.6 is 0 Å². The molecule has 4 heteroatoms. The van der Waals surface area contributed by atoms with Crippen LogP contribution in [-0.2, 0) is 6.61 Å². The zero-order valence-electron chi connectivity index (χ0n) is 14.7. The number of ether oxygens (including phenoxy) is 2. The maximum Gasteiger partial charge on any atom is 0.124 e. The number of aromatic nitrogens is 1. The molecule has 0 radical (unpaired) electrons. The van der Waals surface area contributed by atoms with E-state index in [1.165, 1.54) is 0 Å². The van der Waals surface area contributed by atoms with Crippen LogP contribution in [0, 0.1) is 0 Å². The molecule has 2 atom stereocenters. The summed E-state index contributed by atoms with van der Waals surface area (Å²) >= 11 is 0. The monoisotopic (exact) mass is 349 g/mol. The Morgan fingerprint density at radius 2 is 1.88 bits per heavy atom. The lowest BCUT2D eigenvalue weighted by Crippen LogP contribution is -2.34. The third-order valence-corrected chi connectivity index (χ3v) is 4.83. The molecule has 2 unspecified atom stereocenters. The molecular weight excluding hydrogens is 326 g/mol. The van der Waals surface area contributed by atoms with Gasteiger partial charge in [-0.15, -0.1) is 0 Å². The van der Waals surface area contributed by atoms with E-state index >= 15 is 0 Å². The summed E-state index contributed by atoms with van der Waals surface area (Å²) in [5.41, 5.74) is 2.00. The molecule has 1 aliphatic rings. The van der Waals surface area contributed by atoms with Gasteiger partial charge >= 0.3 is 0 Å². The molecule has 1 N–H and O–H groups in total. The highest BCUT2D eigenvalue weighted by Crippen LogP contribution is 2.25. The number of fused-ring (bicyclic) bond motifs is 1. The largest absolute Gasteiger partial charge is 0.489 e. The van der Waals surface area contributed by atoms with Crippen molar-refractivity contribution in [3.63, 3.8) is 0 Å². The van der Waals surface area contributed by atoms with Crippen molar-refractivity contribution < 1.29 is 14.6 Å². The maximum atomic E-state index is 10.1. The van der Waals surface area contributed by atoms with Gasteiger partial charge in [0.05, 0.1) is 11.6 Å². The highest BCUT2D eigenvalue weighted by Gasteiger charge is 2.24. The average molecular weight is 349 g/mol. The first-order chi connectivity index (χ1) is 12.8. The number of pyridine rings is 1. The smallest absolute Gasteiger partial charge is 0.124 e. The lowest BCUT2D eigenvalue weighted by molar-refractivity contribution is 0.00681. The number of benzene rings is 2. The lowest BCUT2D eigenvalue weighted by atomic mass is 9.95. The Hall–Kier alpha value is -2.59. The summed E-state index contributed by atoms with van der Waals surface area (Å²) in [5.74, 6) is 1.61. The number of nitrogens with zero attached hydrogens (tertiary/aromatic N) is 1. The zero-order chi connectivity index (χ0) is 17.8. The first-order valence-electron chi connectivity index (χ1n) is 9.19. The maximum absolute atomic E-state index is 10.1. The molecule has 0 amide bonds. The summed E-state index contributed by atoms with van der Waals surface area (Å²) in [5, 5.41) is 11.1. The second kappa shape index (κ2) is 7.75. The Kier molecular flexibility index (Phi) is 5.02. The Bertz CT molecular complexity index is 880. The van der Waals surface area contributed by atoms with Gasteiger partial charge in [0.25, 0.3) is 0 Å². The molecule has 1 aromatic heterocycles. The average Bonchev–Trinajstić information content (AvgIpc) is 2.68. The van der Waals surface area contributed by atoms with E-state index in [9.17, 15) is 5.11 Å². The van der Waals surface area contributed by atoms with E-state index in [2.05, 4.69) is 4.98 Å². The second-order valence-electron chi connectivity index (χ2n) is 6.80. The summed E-state index contributed by atoms with van der Waals surface area (Å²) in [6.07, 6.45) is 5.25. The third-order valence-electron chi connectivity index (χ3n) is 4.83. The van der Waals surface area contributed by atoms with Crippen molar-refractivity contribution in [3.05, 3.63) is 66.4 Å². The predicted octanol–water partition coefficient (Wildman–Crippen LogP) is 4.50. The minimum Gasteiger partial charge on any atom is -0.489 e. The quantitative estimate of drug-likeness (QED) is 0.737. The van der Waals surface area contributed by atoms with Crippen LogP contribution in [0.25, 0.3) is 10.9 Å². The van der Waals surface area contributed by atoms with Crippen LogP contribution < -0.4 is 9.47 Å². The van der Waals surface area contributed by atoms with Crippen molar-refractivity contribution in [2.24, 2.45) is 0 Å². The first kappa shape index (κ1) is 16.9. The molecular formula is C22H23NO3. The van der Waals surface area contributed by atoms with Gasteiger partial charge in [0.15, 0.2) is 0 Å². The van der Waals surface area contributed by atoms with Gasteiger partial charge in [-0.1, -0.05) is 24.6 Å². The molecule has 134 valence electrons. The van der Waals surface area contributed by atoms with Gasteiger partial charge < -0.3 is 14.6 Å². The molecule has 1 heterocycles. The van der Waals surface area contributed by atoms with Gasteiger partial charge in [-0.3, -0.25) is 4.98 Å². The van der Waals surface area contributed by atoms with Gasteiger partial charge in [-0.05, 0) is 61.2 Å². The fourth-order valence-corrected chi connectivity index (χ4v) is 3.41. The van der Waals surface area contributed by atoms with Crippen LogP contribution in [0.5, 0.6) is 11.5 Å². The first-order valence-corrected chi connectivity index (χ1v) is 9.19. The van der Waals surface area contributed by atoms with Crippen molar-refractivity contribution in [2.45, 2.75) is 44.5 Å². The van der Waals surface area contributed by atoms with Crippen LogP contribution in [-0.4, -0.2) is 22.3 Å². The number of hydrogen-bond donors (Lipinski definition) is 1. The summed E-state index contributed by atoms with van der Waals surface area (Å²) in [6.45, 7) is 0.468. The van der Waals surface area contributed by atoms with Gasteiger partial charge in [0, 0.05) is 11.6 Å². The van der Waals surface area contributed by atoms with Crippen molar-refractivity contribution in [3.8, 4) is 11.5 Å². The van der Waals surface area contributed by atoms with E-state index in [-0.39, 0.29) is 12.2 Å². The van der Waals surface area contributed by atoms with Crippen LogP contribution in [0.4, 0.5) is 0 Å². The van der Waals surface area contributed by atoms with E-state index in [0.717, 1.165) is 53.6 Å². The van der Waals surface area contributed by atoms with Crippen LogP contribution in [0.1, 0.15) is 31.2 Å². The lowest BCUT2D eigenvalue weighted by Gasteiger charge is -2.28. The van der Waals surface area contributed by atoms with Gasteiger partial charge in [0.2, 0.25) is 0 Å². The zero-order valence-corrected chi connectivity index (χ0v) is 14.7. The normalized spacial score (nSPS) is 20.0. The number of hydrogen-bond acceptors (Lipinski definition) is 4. The van der Waals surface area contributed by atoms with E-state index < -0.39 is 0 Å². The number of rotatable bonds is 5. The van der Waals surface area contributed by atoms with E-state index in [0.29, 0.717) is 6.61 Å². The standard InChI is InChI=1S/C22H23NO3/c24-21-8-1-2-9-22(21)26-19-7-3-5-16(13-19)15-25-18-10-11-20-17(14-18)6-4-12-23-20/h3-7,10-14,21-22,24H,1-2,8-9,15H2. The van der Waals surface area contributed by atoms with Crippen LogP contribution in [0.2, 0.25) is 0 Å². The van der Waals surface area contributed by atoms with E-state index in [1.807, 2.05) is 54.6 Å². The summed E-state index contributed by atoms with van der Waals surface area (Å²) < 4.78 is 11.9. The Morgan fingerprint density at radius 1 is 0.962 bits per heavy atom. The highest BCUT2D eigenvalue weighted by molar-refractivity contribution is 5.79. The van der Waals surface area contributed by atoms with Crippen molar-refractivity contribution in [2.75, 3.05) is 0 Å². The minimum atomic E-state index is -0.366. The van der Waals surface area contributed by atoms with Crippen molar-refractivity contribution in [1.82, 2.24) is 4.98 Å². The van der Waals surface area contributed by atoms with Crippen molar-refractivity contribution in [1.29, 1.82) is 0 Å². The summed E-state index contributed by atoms with van der Waals surface area (Å²) in [6, 6.07) is 17.8. The minimum absolute atomic E-state index is 0.104. The molecule has 0 aliphatic heterocycles. The van der Waals surface area contributed by atoms with Gasteiger partial charge in [0.1, 0.15) is 24.2 Å². The van der Waals surface area contributed by atoms with Gasteiger partial charge in [-0.2, -0.15) is 0 Å². The molecule has 1 fully saturated rings. The fourth-order valence-electron chi connectivity index (χ4n) is 3.41. The molecule has 2 aromatic carbocycles. The van der Waals surface area contributed by atoms with E-state index in [1.54, 1.807) is 6.20 Å². The van der Waals surface area contributed by atoms with Crippen molar-refractivity contribution >= 4 is 10.9 Å². The van der Waals surface area contributed by atoms with E-state index in [4.69, 9.17) is 9.47 Å². The van der Waals surface area contributed by atoms with Crippen LogP contribution in [0.15, 0.2) is 60.8 Å². The molecule has 0 bridgehead atoms. The fraction of sp³-hybridized carbons (Fsp3) is 0.318. The molecule has 0 saturated heterocycles. The topological polar surface area (TPSA) is 51.6 Å². The molecule has 1 aliphatic carbocycles. The molecule has 4 nitrogen and oxygen atoms in total. The third kappa shape index (κ3) is 3.97. The second-order valence-corrected chi connectivity index (χ2v) is 6.80. The summed E-state index contributed by atoms with van der Waals surface area (Å²) in [4.78, 5) is 4.32. The molecule has 1 saturated carbocycles. The predicted molar refractivity (Wildman–Crippen MR) is 101 cm³/mol.